The van der Waals surface area contributed by atoms with E-state index in [1.165, 1.54) is 12.1 Å². The third-order valence-electron chi connectivity index (χ3n) is 4.30. The van der Waals surface area contributed by atoms with Crippen LogP contribution in [-0.2, 0) is 11.3 Å². The second-order valence-corrected chi connectivity index (χ2v) is 7.90. The Labute approximate surface area is 185 Å². The van der Waals surface area contributed by atoms with Crippen LogP contribution >= 0.6 is 35.7 Å². The molecule has 1 aliphatic heterocycles. The van der Waals surface area contributed by atoms with E-state index in [1.54, 1.807) is 19.2 Å². The molecule has 1 saturated heterocycles. The van der Waals surface area contributed by atoms with E-state index in [0.717, 1.165) is 38.4 Å². The maximum absolute atomic E-state index is 12.5. The summed E-state index contributed by atoms with van der Waals surface area (Å²) in [6.07, 6.45) is -2.81. The van der Waals surface area contributed by atoms with Gasteiger partial charge in [-0.15, -0.1) is 37.1 Å². The highest BCUT2D eigenvalue weighted by Crippen LogP contribution is 2.34. The van der Waals surface area contributed by atoms with Crippen molar-refractivity contribution in [2.24, 2.45) is 4.99 Å². The van der Waals surface area contributed by atoms with Crippen molar-refractivity contribution in [3.63, 3.8) is 0 Å². The van der Waals surface area contributed by atoms with Gasteiger partial charge in [0.1, 0.15) is 5.75 Å². The van der Waals surface area contributed by atoms with Crippen LogP contribution in [0, 0.1) is 0 Å². The lowest BCUT2D eigenvalue weighted by Crippen LogP contribution is -2.48. The minimum atomic E-state index is -4.72. The van der Waals surface area contributed by atoms with Crippen LogP contribution in [0.2, 0.25) is 0 Å². The topological polar surface area (TPSA) is 54.9 Å². The summed E-state index contributed by atoms with van der Waals surface area (Å²) < 4.78 is 47.2. The second kappa shape index (κ2) is 12.0. The number of para-hydroxylation sites is 1. The first-order valence-corrected chi connectivity index (χ1v) is 9.86. The van der Waals surface area contributed by atoms with E-state index in [1.807, 2.05) is 11.8 Å². The Kier molecular flexibility index (Phi) is 10.7. The Morgan fingerprint density at radius 2 is 1.93 bits per heavy atom. The molecule has 160 valence electrons. The number of nitrogens with zero attached hydrogens (tertiary/aromatic N) is 1. The van der Waals surface area contributed by atoms with Gasteiger partial charge in [0.2, 0.25) is 0 Å². The van der Waals surface area contributed by atoms with Gasteiger partial charge in [-0.3, -0.25) is 4.99 Å². The number of guanidine groups is 1. The standard InChI is InChI=1S/C18H26F3N3O2S.HI/c1-3-27-17(8-10-25-11-9-17)13-24-16(22-2)23-12-14-6-4-5-7-15(14)26-18(19,20)21;/h4-7H,3,8-13H2,1-2H3,(H2,22,23,24);1H. The lowest BCUT2D eigenvalue weighted by atomic mass is 9.99. The number of nitrogens with one attached hydrogen (secondary N) is 2. The fourth-order valence-electron chi connectivity index (χ4n) is 2.94. The molecule has 1 aromatic rings. The first-order valence-electron chi connectivity index (χ1n) is 8.87. The molecule has 0 aliphatic carbocycles. The summed E-state index contributed by atoms with van der Waals surface area (Å²) in [6.45, 7) is 4.50. The summed E-state index contributed by atoms with van der Waals surface area (Å²) in [5.74, 6) is 1.34. The van der Waals surface area contributed by atoms with Crippen LogP contribution in [0.25, 0.3) is 0 Å². The Bertz CT molecular complexity index is 621. The fraction of sp³-hybridized carbons (Fsp3) is 0.611. The number of rotatable bonds is 7. The van der Waals surface area contributed by atoms with Crippen LogP contribution in [0.15, 0.2) is 29.3 Å². The molecule has 0 unspecified atom stereocenters. The van der Waals surface area contributed by atoms with Crippen LogP contribution in [-0.4, -0.2) is 49.6 Å². The predicted octanol–water partition coefficient (Wildman–Crippen LogP) is 4.17. The Balaban J connectivity index is 0.00000392. The Morgan fingerprint density at radius 3 is 2.54 bits per heavy atom. The van der Waals surface area contributed by atoms with Crippen LogP contribution in [0.4, 0.5) is 13.2 Å². The SMILES string of the molecule is CCSC1(CNC(=NC)NCc2ccccc2OC(F)(F)F)CCOCC1.I. The van der Waals surface area contributed by atoms with Gasteiger partial charge < -0.3 is 20.1 Å². The van der Waals surface area contributed by atoms with Gasteiger partial charge in [-0.1, -0.05) is 25.1 Å². The smallest absolute Gasteiger partial charge is 0.405 e. The summed E-state index contributed by atoms with van der Waals surface area (Å²) in [4.78, 5) is 4.17. The predicted molar refractivity (Wildman–Crippen MR) is 118 cm³/mol. The quantitative estimate of drug-likeness (QED) is 0.313. The van der Waals surface area contributed by atoms with Crippen LogP contribution in [0.1, 0.15) is 25.3 Å². The van der Waals surface area contributed by atoms with Crippen molar-refractivity contribution in [1.82, 2.24) is 10.6 Å². The van der Waals surface area contributed by atoms with Crippen LogP contribution in [0.5, 0.6) is 5.75 Å². The van der Waals surface area contributed by atoms with E-state index in [0.29, 0.717) is 11.5 Å². The van der Waals surface area contributed by atoms with Gasteiger partial charge in [-0.05, 0) is 24.7 Å². The molecule has 0 spiro atoms. The van der Waals surface area contributed by atoms with Gasteiger partial charge in [-0.25, -0.2) is 0 Å². The number of ether oxygens (including phenoxy) is 2. The monoisotopic (exact) mass is 533 g/mol. The average Bonchev–Trinajstić information content (AvgIpc) is 2.63. The van der Waals surface area contributed by atoms with Crippen molar-refractivity contribution in [3.8, 4) is 5.75 Å². The molecule has 0 aromatic heterocycles. The summed E-state index contributed by atoms with van der Waals surface area (Å²) in [5, 5.41) is 6.36. The Hall–Kier alpha value is -0.880. The molecule has 1 aromatic carbocycles. The lowest BCUT2D eigenvalue weighted by molar-refractivity contribution is -0.274. The number of aliphatic imine (C=N–C) groups is 1. The van der Waals surface area contributed by atoms with Crippen molar-refractivity contribution < 1.29 is 22.6 Å². The van der Waals surface area contributed by atoms with E-state index in [-0.39, 0.29) is 41.0 Å². The largest absolute Gasteiger partial charge is 0.573 e. The summed E-state index contributed by atoms with van der Waals surface area (Å²) in [5.41, 5.74) is 0.404. The number of hydrogen-bond donors (Lipinski definition) is 2. The maximum atomic E-state index is 12.5. The summed E-state index contributed by atoms with van der Waals surface area (Å²) >= 11 is 1.91. The van der Waals surface area contributed by atoms with Crippen LogP contribution < -0.4 is 15.4 Å². The number of halogens is 4. The third-order valence-corrected chi connectivity index (χ3v) is 5.75. The molecule has 0 saturated carbocycles. The number of benzene rings is 1. The molecule has 0 bridgehead atoms. The highest BCUT2D eigenvalue weighted by Gasteiger charge is 2.33. The minimum absolute atomic E-state index is 0. The van der Waals surface area contributed by atoms with Crippen molar-refractivity contribution >= 4 is 41.7 Å². The molecular formula is C18H27F3IN3O2S. The van der Waals surface area contributed by atoms with Crippen molar-refractivity contribution in [1.29, 1.82) is 0 Å². The third kappa shape index (κ3) is 8.24. The average molecular weight is 533 g/mol. The molecule has 28 heavy (non-hydrogen) atoms. The zero-order valence-corrected chi connectivity index (χ0v) is 19.1. The lowest BCUT2D eigenvalue weighted by Gasteiger charge is -2.37. The first kappa shape index (κ1) is 25.2. The van der Waals surface area contributed by atoms with E-state index < -0.39 is 6.36 Å². The molecule has 0 amide bonds. The minimum Gasteiger partial charge on any atom is -0.405 e. The fourth-order valence-corrected chi connectivity index (χ4v) is 4.18. The van der Waals surface area contributed by atoms with Gasteiger partial charge in [0.05, 0.1) is 0 Å². The van der Waals surface area contributed by atoms with Gasteiger partial charge in [0, 0.05) is 43.7 Å². The number of alkyl halides is 3. The van der Waals surface area contributed by atoms with Gasteiger partial charge in [0.25, 0.3) is 0 Å². The zero-order chi connectivity index (χ0) is 19.8. The van der Waals surface area contributed by atoms with E-state index >= 15 is 0 Å². The molecule has 10 heteroatoms. The molecule has 0 atom stereocenters. The molecule has 2 rings (SSSR count). The molecule has 0 radical (unpaired) electrons. The van der Waals surface area contributed by atoms with Crippen LogP contribution in [0.3, 0.4) is 0 Å². The van der Waals surface area contributed by atoms with E-state index in [4.69, 9.17) is 4.74 Å². The van der Waals surface area contributed by atoms with Crippen molar-refractivity contribution in [3.05, 3.63) is 29.8 Å². The van der Waals surface area contributed by atoms with E-state index in [9.17, 15) is 13.2 Å². The number of thioether (sulfide) groups is 1. The van der Waals surface area contributed by atoms with Crippen molar-refractivity contribution in [2.75, 3.05) is 32.6 Å². The summed E-state index contributed by atoms with van der Waals surface area (Å²) in [6, 6.07) is 6.07. The van der Waals surface area contributed by atoms with Gasteiger partial charge in [0.15, 0.2) is 5.96 Å². The normalized spacial score (nSPS) is 16.8. The maximum Gasteiger partial charge on any atom is 0.573 e. The van der Waals surface area contributed by atoms with E-state index in [2.05, 4.69) is 27.3 Å². The number of hydrogen-bond acceptors (Lipinski definition) is 4. The molecule has 1 fully saturated rings. The van der Waals surface area contributed by atoms with Crippen molar-refractivity contribution in [2.45, 2.75) is 37.4 Å². The molecular weight excluding hydrogens is 506 g/mol. The molecule has 2 N–H and O–H groups in total. The second-order valence-electron chi connectivity index (χ2n) is 6.16. The highest BCUT2D eigenvalue weighted by atomic mass is 127. The molecule has 5 nitrogen and oxygen atoms in total. The Morgan fingerprint density at radius 1 is 1.25 bits per heavy atom. The summed E-state index contributed by atoms with van der Waals surface area (Å²) in [7, 11) is 1.64. The first-order chi connectivity index (χ1) is 12.9. The highest BCUT2D eigenvalue weighted by molar-refractivity contribution is 14.0. The van der Waals surface area contributed by atoms with Gasteiger partial charge >= 0.3 is 6.36 Å². The van der Waals surface area contributed by atoms with Gasteiger partial charge in [-0.2, -0.15) is 11.8 Å². The zero-order valence-electron chi connectivity index (χ0n) is 16.0. The molecule has 1 heterocycles. The molecule has 1 aliphatic rings.